The molecule has 100 valence electrons. The molecule has 0 unspecified atom stereocenters. The number of hydrogen-bond donors (Lipinski definition) is 0. The summed E-state index contributed by atoms with van der Waals surface area (Å²) in [6, 6.07) is 0. The van der Waals surface area contributed by atoms with Crippen LogP contribution in [0.5, 0.6) is 0 Å². The molecule has 3 rings (SSSR count). The number of nitrogens with zero attached hydrogens (tertiary/aromatic N) is 2. The second kappa shape index (κ2) is 4.93. The normalized spacial score (nSPS) is 19.4. The molecule has 0 saturated heterocycles. The summed E-state index contributed by atoms with van der Waals surface area (Å²) < 4.78 is 19.3. The minimum absolute atomic E-state index is 0.232. The van der Waals surface area contributed by atoms with E-state index in [4.69, 9.17) is 16.3 Å². The highest BCUT2D eigenvalue weighted by molar-refractivity contribution is 6.28. The molecule has 0 spiro atoms. The molecular formula is C14H14ClFN2O. The van der Waals surface area contributed by atoms with Crippen LogP contribution < -0.4 is 0 Å². The zero-order chi connectivity index (χ0) is 13.4. The van der Waals surface area contributed by atoms with Gasteiger partial charge in [-0.2, -0.15) is 0 Å². The van der Waals surface area contributed by atoms with Crippen LogP contribution in [0, 0.1) is 0 Å². The molecular weight excluding hydrogens is 267 g/mol. The third-order valence-electron chi connectivity index (χ3n) is 3.54. The molecule has 0 amide bonds. The molecule has 2 aliphatic rings. The van der Waals surface area contributed by atoms with Gasteiger partial charge in [-0.1, -0.05) is 0 Å². The lowest BCUT2D eigenvalue weighted by molar-refractivity contribution is 0.275. The molecule has 0 aromatic carbocycles. The molecule has 0 N–H and O–H groups in total. The summed E-state index contributed by atoms with van der Waals surface area (Å²) in [4.78, 5) is 8.29. The number of aromatic nitrogens is 2. The van der Waals surface area contributed by atoms with Crippen molar-refractivity contribution in [3.8, 4) is 0 Å². The predicted octanol–water partition coefficient (Wildman–Crippen LogP) is 4.01. The summed E-state index contributed by atoms with van der Waals surface area (Å²) in [7, 11) is 1.56. The standard InChI is InChI=1S/C14H14ClFN2O/c1-19-9-4-5-10(12(16)6-9)11-7-17-14(15)18-13(11)8-2-3-8/h6-8H,2-5H2,1H3. The maximum Gasteiger partial charge on any atom is 0.222 e. The molecule has 0 atom stereocenters. The Labute approximate surface area is 116 Å². The first-order valence-corrected chi connectivity index (χ1v) is 6.73. The highest BCUT2D eigenvalue weighted by Gasteiger charge is 2.30. The second-order valence-electron chi connectivity index (χ2n) is 4.85. The van der Waals surface area contributed by atoms with E-state index in [1.54, 1.807) is 13.3 Å². The third-order valence-corrected chi connectivity index (χ3v) is 3.72. The number of ether oxygens (including phenoxy) is 1. The minimum Gasteiger partial charge on any atom is -0.501 e. The van der Waals surface area contributed by atoms with E-state index in [0.717, 1.165) is 24.1 Å². The Morgan fingerprint density at radius 1 is 1.37 bits per heavy atom. The summed E-state index contributed by atoms with van der Waals surface area (Å²) >= 11 is 5.85. The summed E-state index contributed by atoms with van der Waals surface area (Å²) in [6.07, 6.45) is 6.58. The van der Waals surface area contributed by atoms with Crippen LogP contribution in [0.4, 0.5) is 4.39 Å². The Balaban J connectivity index is 2.05. The van der Waals surface area contributed by atoms with Crippen molar-refractivity contribution in [2.45, 2.75) is 31.6 Å². The van der Waals surface area contributed by atoms with E-state index in [1.165, 1.54) is 6.08 Å². The zero-order valence-corrected chi connectivity index (χ0v) is 11.4. The van der Waals surface area contributed by atoms with Crippen molar-refractivity contribution in [2.75, 3.05) is 7.11 Å². The molecule has 5 heteroatoms. The fourth-order valence-electron chi connectivity index (χ4n) is 2.37. The fraction of sp³-hybridized carbons (Fsp3) is 0.429. The van der Waals surface area contributed by atoms with Crippen LogP contribution in [0.2, 0.25) is 5.28 Å². The largest absolute Gasteiger partial charge is 0.501 e. The second-order valence-corrected chi connectivity index (χ2v) is 5.19. The van der Waals surface area contributed by atoms with E-state index in [-0.39, 0.29) is 11.1 Å². The lowest BCUT2D eigenvalue weighted by atomic mass is 9.94. The number of hydrogen-bond acceptors (Lipinski definition) is 3. The van der Waals surface area contributed by atoms with Gasteiger partial charge in [-0.05, 0) is 36.4 Å². The minimum atomic E-state index is -0.254. The van der Waals surface area contributed by atoms with Gasteiger partial charge >= 0.3 is 0 Å². The third kappa shape index (κ3) is 2.50. The fourth-order valence-corrected chi connectivity index (χ4v) is 2.51. The van der Waals surface area contributed by atoms with E-state index < -0.39 is 0 Å². The van der Waals surface area contributed by atoms with Gasteiger partial charge in [0.1, 0.15) is 5.83 Å². The molecule has 0 aliphatic heterocycles. The highest BCUT2D eigenvalue weighted by atomic mass is 35.5. The van der Waals surface area contributed by atoms with Crippen molar-refractivity contribution < 1.29 is 9.13 Å². The molecule has 3 nitrogen and oxygen atoms in total. The van der Waals surface area contributed by atoms with Gasteiger partial charge in [0.05, 0.1) is 18.6 Å². The van der Waals surface area contributed by atoms with E-state index in [9.17, 15) is 4.39 Å². The molecule has 0 radical (unpaired) electrons. The maximum atomic E-state index is 14.2. The first kappa shape index (κ1) is 12.6. The van der Waals surface area contributed by atoms with Gasteiger partial charge in [0.25, 0.3) is 0 Å². The Morgan fingerprint density at radius 3 is 2.79 bits per heavy atom. The Kier molecular flexibility index (Phi) is 3.27. The van der Waals surface area contributed by atoms with Crippen molar-refractivity contribution in [3.05, 3.63) is 40.4 Å². The van der Waals surface area contributed by atoms with E-state index in [0.29, 0.717) is 30.1 Å². The molecule has 19 heavy (non-hydrogen) atoms. The van der Waals surface area contributed by atoms with Gasteiger partial charge in [-0.25, -0.2) is 14.4 Å². The van der Waals surface area contributed by atoms with Crippen LogP contribution in [-0.2, 0) is 4.74 Å². The summed E-state index contributed by atoms with van der Waals surface area (Å²) in [6.45, 7) is 0. The van der Waals surface area contributed by atoms with Gasteiger partial charge < -0.3 is 4.74 Å². The van der Waals surface area contributed by atoms with Crippen LogP contribution >= 0.6 is 11.6 Å². The van der Waals surface area contributed by atoms with Crippen molar-refractivity contribution in [1.82, 2.24) is 9.97 Å². The van der Waals surface area contributed by atoms with E-state index >= 15 is 0 Å². The molecule has 1 aromatic heterocycles. The lowest BCUT2D eigenvalue weighted by Crippen LogP contribution is -2.03. The molecule has 2 aliphatic carbocycles. The number of rotatable bonds is 3. The first-order valence-electron chi connectivity index (χ1n) is 6.35. The van der Waals surface area contributed by atoms with Gasteiger partial charge in [-0.3, -0.25) is 0 Å². The molecule has 1 heterocycles. The zero-order valence-electron chi connectivity index (χ0n) is 10.6. The maximum absolute atomic E-state index is 14.2. The summed E-state index contributed by atoms with van der Waals surface area (Å²) in [5.74, 6) is 0.823. The van der Waals surface area contributed by atoms with Crippen molar-refractivity contribution in [2.24, 2.45) is 0 Å². The molecule has 1 fully saturated rings. The van der Waals surface area contributed by atoms with Crippen LogP contribution in [0.1, 0.15) is 42.9 Å². The van der Waals surface area contributed by atoms with Gasteiger partial charge in [0.15, 0.2) is 0 Å². The average molecular weight is 281 g/mol. The first-order chi connectivity index (χ1) is 9.19. The van der Waals surface area contributed by atoms with Crippen LogP contribution in [0.3, 0.4) is 0 Å². The number of allylic oxidation sites excluding steroid dienone is 4. The molecule has 0 bridgehead atoms. The highest BCUT2D eigenvalue weighted by Crippen LogP contribution is 2.44. The van der Waals surface area contributed by atoms with Crippen LogP contribution in [0.15, 0.2) is 23.9 Å². The Morgan fingerprint density at radius 2 is 2.16 bits per heavy atom. The van der Waals surface area contributed by atoms with Crippen LogP contribution in [-0.4, -0.2) is 17.1 Å². The van der Waals surface area contributed by atoms with E-state index in [2.05, 4.69) is 9.97 Å². The Bertz CT molecular complexity index is 579. The predicted molar refractivity (Wildman–Crippen MR) is 71.4 cm³/mol. The summed E-state index contributed by atoms with van der Waals surface area (Å²) in [5.41, 5.74) is 2.36. The van der Waals surface area contributed by atoms with Gasteiger partial charge in [0, 0.05) is 30.2 Å². The van der Waals surface area contributed by atoms with Crippen LogP contribution in [0.25, 0.3) is 5.57 Å². The summed E-state index contributed by atoms with van der Waals surface area (Å²) in [5, 5.41) is 0.232. The monoisotopic (exact) mass is 280 g/mol. The lowest BCUT2D eigenvalue weighted by Gasteiger charge is -2.17. The van der Waals surface area contributed by atoms with Crippen molar-refractivity contribution in [3.63, 3.8) is 0 Å². The SMILES string of the molecule is COC1=CC(F)=C(c2cnc(Cl)nc2C2CC2)CC1. The van der Waals surface area contributed by atoms with Gasteiger partial charge in [0.2, 0.25) is 5.28 Å². The quantitative estimate of drug-likeness (QED) is 0.785. The Hall–Kier alpha value is -1.42. The smallest absolute Gasteiger partial charge is 0.222 e. The number of halogens is 2. The van der Waals surface area contributed by atoms with Crippen molar-refractivity contribution >= 4 is 17.2 Å². The molecule has 1 aromatic rings. The molecule has 1 saturated carbocycles. The number of methoxy groups -OCH3 is 1. The van der Waals surface area contributed by atoms with Gasteiger partial charge in [-0.15, -0.1) is 0 Å². The topological polar surface area (TPSA) is 35.0 Å². The average Bonchev–Trinajstić information content (AvgIpc) is 3.23. The van der Waals surface area contributed by atoms with E-state index in [1.807, 2.05) is 0 Å². The van der Waals surface area contributed by atoms with Crippen molar-refractivity contribution in [1.29, 1.82) is 0 Å².